The maximum absolute atomic E-state index is 13.1. The van der Waals surface area contributed by atoms with Gasteiger partial charge in [0.25, 0.3) is 11.8 Å². The van der Waals surface area contributed by atoms with E-state index in [1.54, 1.807) is 34.1 Å². The van der Waals surface area contributed by atoms with Crippen molar-refractivity contribution in [3.8, 4) is 22.8 Å². The summed E-state index contributed by atoms with van der Waals surface area (Å²) < 4.78 is 63.0. The number of carbonyl (C=O) groups excluding carboxylic acids is 2. The average molecular weight is 739 g/mol. The molecular weight excluding hydrogens is 704 g/mol. The Morgan fingerprint density at radius 3 is 1.20 bits per heavy atom. The third-order valence-corrected chi connectivity index (χ3v) is 9.39. The lowest BCUT2D eigenvalue weighted by Crippen LogP contribution is -2.39. The summed E-state index contributed by atoms with van der Waals surface area (Å²) in [6, 6.07) is 22.8. The minimum Gasteiger partial charge on any atom is -0.339 e. The van der Waals surface area contributed by atoms with Crippen LogP contribution in [0.4, 0.5) is 17.6 Å². The first kappa shape index (κ1) is 36.2. The minimum absolute atomic E-state index is 0.0650. The van der Waals surface area contributed by atoms with Crippen LogP contribution in [0.1, 0.15) is 70.0 Å². The molecule has 2 aliphatic rings. The lowest BCUT2D eigenvalue weighted by molar-refractivity contribution is 0.0688. The van der Waals surface area contributed by atoms with Crippen LogP contribution in [0.15, 0.2) is 106 Å². The quantitative estimate of drug-likeness (QED) is 0.158. The van der Waals surface area contributed by atoms with Crippen LogP contribution in [-0.2, 0) is 0 Å². The summed E-state index contributed by atoms with van der Waals surface area (Å²) in [6.45, 7) is 2.18. The molecule has 8 rings (SSSR count). The number of amides is 2. The second-order valence-electron chi connectivity index (χ2n) is 13.1. The van der Waals surface area contributed by atoms with Crippen LogP contribution >= 0.6 is 0 Å². The molecule has 0 spiro atoms. The molecule has 2 fully saturated rings. The van der Waals surface area contributed by atoms with Gasteiger partial charge in [0.1, 0.15) is 23.3 Å². The predicted molar refractivity (Wildman–Crippen MR) is 188 cm³/mol. The number of aromatic nitrogens is 4. The van der Waals surface area contributed by atoms with E-state index < -0.39 is 0 Å². The van der Waals surface area contributed by atoms with Crippen molar-refractivity contribution in [2.75, 3.05) is 26.2 Å². The average Bonchev–Trinajstić information content (AvgIpc) is 3.91. The molecule has 4 heterocycles. The predicted octanol–water partition coefficient (Wildman–Crippen LogP) is 8.07. The van der Waals surface area contributed by atoms with E-state index in [1.165, 1.54) is 72.8 Å². The summed E-state index contributed by atoms with van der Waals surface area (Å²) in [4.78, 5) is 37.6. The third-order valence-electron chi connectivity index (χ3n) is 9.39. The fourth-order valence-corrected chi connectivity index (χ4v) is 6.51. The lowest BCUT2D eigenvalue weighted by atomic mass is 9.97. The Morgan fingerprint density at radius 1 is 0.519 bits per heavy atom. The molecule has 0 aliphatic carbocycles. The highest BCUT2D eigenvalue weighted by Gasteiger charge is 2.31. The van der Waals surface area contributed by atoms with Gasteiger partial charge in [-0.3, -0.25) is 9.59 Å². The molecule has 0 radical (unpaired) electrons. The van der Waals surface area contributed by atoms with Crippen molar-refractivity contribution in [1.29, 1.82) is 0 Å². The van der Waals surface area contributed by atoms with Gasteiger partial charge < -0.3 is 18.8 Å². The Balaban J connectivity index is 0.000000167. The van der Waals surface area contributed by atoms with E-state index in [9.17, 15) is 27.2 Å². The van der Waals surface area contributed by atoms with Gasteiger partial charge in [-0.2, -0.15) is 9.97 Å². The van der Waals surface area contributed by atoms with Gasteiger partial charge in [-0.15, -0.1) is 0 Å². The second kappa shape index (κ2) is 16.2. The molecule has 4 aromatic carbocycles. The minimum atomic E-state index is -0.373. The summed E-state index contributed by atoms with van der Waals surface area (Å²) in [7, 11) is 0. The van der Waals surface area contributed by atoms with E-state index in [0.29, 0.717) is 71.9 Å². The highest BCUT2D eigenvalue weighted by Crippen LogP contribution is 2.30. The topological polar surface area (TPSA) is 118 Å². The zero-order valence-electron chi connectivity index (χ0n) is 28.9. The summed E-state index contributed by atoms with van der Waals surface area (Å²) >= 11 is 0. The van der Waals surface area contributed by atoms with Gasteiger partial charge in [0.05, 0.1) is 11.8 Å². The van der Waals surface area contributed by atoms with Crippen molar-refractivity contribution < 1.29 is 36.2 Å². The molecule has 2 saturated heterocycles. The van der Waals surface area contributed by atoms with Crippen LogP contribution in [0.3, 0.4) is 0 Å². The molecule has 2 aliphatic heterocycles. The van der Waals surface area contributed by atoms with Gasteiger partial charge >= 0.3 is 0 Å². The zero-order chi connectivity index (χ0) is 37.6. The number of hydrogen-bond acceptors (Lipinski definition) is 8. The SMILES string of the molecule is O=C(c1ccc(F)cc1)N1CCC[C@H](c2nc(-c3ccc(F)cc3)no2)C1.O=C(c1ccc(F)cc1)N1CCC[C@H](c2nc(-c3ccc(F)cc3)no2)C1. The van der Waals surface area contributed by atoms with Crippen LogP contribution in [0.5, 0.6) is 0 Å². The Morgan fingerprint density at radius 2 is 0.852 bits per heavy atom. The summed E-state index contributed by atoms with van der Waals surface area (Å²) in [5.41, 5.74) is 2.24. The molecule has 10 nitrogen and oxygen atoms in total. The molecular formula is C40H34F4N6O4. The number of rotatable bonds is 6. The van der Waals surface area contributed by atoms with Gasteiger partial charge in [-0.25, -0.2) is 17.6 Å². The molecule has 2 aromatic heterocycles. The Bertz CT molecular complexity index is 2030. The highest BCUT2D eigenvalue weighted by atomic mass is 19.1. The van der Waals surface area contributed by atoms with Crippen molar-refractivity contribution in [3.63, 3.8) is 0 Å². The molecule has 0 bridgehead atoms. The normalized spacial score (nSPS) is 17.1. The largest absolute Gasteiger partial charge is 0.339 e. The highest BCUT2D eigenvalue weighted by molar-refractivity contribution is 5.94. The van der Waals surface area contributed by atoms with Crippen molar-refractivity contribution in [3.05, 3.63) is 143 Å². The van der Waals surface area contributed by atoms with Crippen LogP contribution in [0.25, 0.3) is 22.8 Å². The molecule has 0 unspecified atom stereocenters. The fourth-order valence-electron chi connectivity index (χ4n) is 6.51. The van der Waals surface area contributed by atoms with Gasteiger partial charge in [0.15, 0.2) is 0 Å². The van der Waals surface area contributed by atoms with E-state index in [4.69, 9.17) is 9.05 Å². The van der Waals surface area contributed by atoms with Crippen LogP contribution in [0.2, 0.25) is 0 Å². The fraction of sp³-hybridized carbons (Fsp3) is 0.250. The number of benzene rings is 4. The van der Waals surface area contributed by atoms with Crippen molar-refractivity contribution >= 4 is 11.8 Å². The molecule has 14 heteroatoms. The zero-order valence-corrected chi connectivity index (χ0v) is 28.9. The maximum atomic E-state index is 13.1. The molecule has 2 atom stereocenters. The first-order valence-corrected chi connectivity index (χ1v) is 17.5. The molecule has 0 saturated carbocycles. The van der Waals surface area contributed by atoms with Crippen molar-refractivity contribution in [1.82, 2.24) is 30.1 Å². The van der Waals surface area contributed by atoms with E-state index in [-0.39, 0.29) is 46.9 Å². The number of nitrogens with zero attached hydrogens (tertiary/aromatic N) is 6. The van der Waals surface area contributed by atoms with Crippen LogP contribution in [0, 0.1) is 23.3 Å². The van der Waals surface area contributed by atoms with Crippen molar-refractivity contribution in [2.45, 2.75) is 37.5 Å². The van der Waals surface area contributed by atoms with Crippen LogP contribution in [-0.4, -0.2) is 68.1 Å². The molecule has 276 valence electrons. The number of carbonyl (C=O) groups is 2. The number of hydrogen-bond donors (Lipinski definition) is 0. The lowest BCUT2D eigenvalue weighted by Gasteiger charge is -2.31. The van der Waals surface area contributed by atoms with Crippen molar-refractivity contribution in [2.24, 2.45) is 0 Å². The monoisotopic (exact) mass is 738 g/mol. The second-order valence-corrected chi connectivity index (χ2v) is 13.1. The Labute approximate surface area is 307 Å². The first-order chi connectivity index (χ1) is 26.2. The Hall–Kier alpha value is -6.18. The van der Waals surface area contributed by atoms with Gasteiger partial charge in [-0.05, 0) is 123 Å². The number of halogens is 4. The molecule has 2 amide bonds. The third kappa shape index (κ3) is 8.54. The summed E-state index contributed by atoms with van der Waals surface area (Å²) in [5, 5.41) is 7.95. The number of piperidine rings is 2. The molecule has 0 N–H and O–H groups in total. The van der Waals surface area contributed by atoms with Crippen LogP contribution < -0.4 is 0 Å². The molecule has 6 aromatic rings. The maximum Gasteiger partial charge on any atom is 0.253 e. The first-order valence-electron chi connectivity index (χ1n) is 17.5. The summed E-state index contributed by atoms with van der Waals surface area (Å²) in [5.74, 6) is -0.0969. The number of likely N-dealkylation sites (tertiary alicyclic amines) is 2. The van der Waals surface area contributed by atoms with Gasteiger partial charge in [-0.1, -0.05) is 10.3 Å². The van der Waals surface area contributed by atoms with Gasteiger partial charge in [0.2, 0.25) is 23.4 Å². The Kier molecular flexibility index (Phi) is 10.9. The smallest absolute Gasteiger partial charge is 0.253 e. The summed E-state index contributed by atoms with van der Waals surface area (Å²) in [6.07, 6.45) is 3.29. The van der Waals surface area contributed by atoms with E-state index >= 15 is 0 Å². The molecule has 54 heavy (non-hydrogen) atoms. The van der Waals surface area contributed by atoms with E-state index in [1.807, 2.05) is 0 Å². The van der Waals surface area contributed by atoms with Gasteiger partial charge in [0, 0.05) is 48.4 Å². The van der Waals surface area contributed by atoms with E-state index in [2.05, 4.69) is 20.3 Å². The van der Waals surface area contributed by atoms with E-state index in [0.717, 1.165) is 25.7 Å². The standard InChI is InChI=1S/2C20H17F2N3O2/c2*21-16-7-3-13(4-8-16)18-23-19(27-24-18)15-2-1-11-25(12-15)20(26)14-5-9-17(22)10-6-14/h2*3-10,15H,1-2,11-12H2/t2*15-/m00/s1.